The number of rotatable bonds is 2. The molecule has 3 aromatic rings. The third kappa shape index (κ3) is 2.38. The van der Waals surface area contributed by atoms with Crippen molar-refractivity contribution in [2.75, 3.05) is 5.73 Å². The Morgan fingerprint density at radius 3 is 1.85 bits per heavy atom. The van der Waals surface area contributed by atoms with Gasteiger partial charge in [0.25, 0.3) is 0 Å². The molecule has 100 valence electrons. The summed E-state index contributed by atoms with van der Waals surface area (Å²) in [5.74, 6) is 0.275. The van der Waals surface area contributed by atoms with Crippen molar-refractivity contribution in [3.8, 4) is 22.4 Å². The van der Waals surface area contributed by atoms with Crippen LogP contribution in [0.1, 0.15) is 0 Å². The van der Waals surface area contributed by atoms with Crippen molar-refractivity contribution in [1.82, 2.24) is 5.16 Å². The first-order chi connectivity index (χ1) is 9.65. The minimum absolute atomic E-state index is 0.275. The van der Waals surface area contributed by atoms with E-state index in [0.717, 1.165) is 16.7 Å². The van der Waals surface area contributed by atoms with Crippen molar-refractivity contribution < 1.29 is 4.52 Å². The van der Waals surface area contributed by atoms with E-state index in [1.54, 1.807) is 24.3 Å². The number of halogens is 2. The summed E-state index contributed by atoms with van der Waals surface area (Å²) in [6.45, 7) is 0. The molecular weight excluding hydrogens is 295 g/mol. The van der Waals surface area contributed by atoms with Crippen LogP contribution in [0.4, 0.5) is 5.88 Å². The van der Waals surface area contributed by atoms with Crippen molar-refractivity contribution in [1.29, 1.82) is 0 Å². The molecule has 3 rings (SSSR count). The SMILES string of the molecule is Nc1onc(-c2ccc(Cl)cc2)c1-c1ccc(Cl)cc1. The first kappa shape index (κ1) is 13.0. The van der Waals surface area contributed by atoms with E-state index in [-0.39, 0.29) is 5.88 Å². The quantitative estimate of drug-likeness (QED) is 0.732. The third-order valence-electron chi connectivity index (χ3n) is 2.97. The van der Waals surface area contributed by atoms with Crippen LogP contribution in [0, 0.1) is 0 Å². The lowest BCUT2D eigenvalue weighted by Gasteiger charge is -2.03. The lowest BCUT2D eigenvalue weighted by Crippen LogP contribution is -1.87. The normalized spacial score (nSPS) is 10.7. The van der Waals surface area contributed by atoms with Crippen molar-refractivity contribution in [3.05, 3.63) is 58.6 Å². The second-order valence-corrected chi connectivity index (χ2v) is 5.16. The predicted octanol–water partition coefficient (Wildman–Crippen LogP) is 4.90. The largest absolute Gasteiger partial charge is 0.367 e. The van der Waals surface area contributed by atoms with Gasteiger partial charge in [-0.3, -0.25) is 0 Å². The number of nitrogens with two attached hydrogens (primary N) is 1. The zero-order valence-electron chi connectivity index (χ0n) is 10.3. The van der Waals surface area contributed by atoms with E-state index in [0.29, 0.717) is 15.7 Å². The van der Waals surface area contributed by atoms with Crippen LogP contribution in [0.2, 0.25) is 10.0 Å². The fraction of sp³-hybridized carbons (Fsp3) is 0. The van der Waals surface area contributed by atoms with Crippen LogP contribution in [-0.2, 0) is 0 Å². The van der Waals surface area contributed by atoms with Crippen LogP contribution in [-0.4, -0.2) is 5.16 Å². The Morgan fingerprint density at radius 1 is 0.800 bits per heavy atom. The molecule has 0 bridgehead atoms. The Bertz CT molecular complexity index is 734. The average molecular weight is 305 g/mol. The smallest absolute Gasteiger partial charge is 0.230 e. The Balaban J connectivity index is 2.14. The van der Waals surface area contributed by atoms with Crippen LogP contribution in [0.5, 0.6) is 0 Å². The fourth-order valence-corrected chi connectivity index (χ4v) is 2.26. The monoisotopic (exact) mass is 304 g/mol. The van der Waals surface area contributed by atoms with Crippen molar-refractivity contribution in [2.24, 2.45) is 0 Å². The molecule has 2 N–H and O–H groups in total. The van der Waals surface area contributed by atoms with Crippen molar-refractivity contribution in [3.63, 3.8) is 0 Å². The van der Waals surface area contributed by atoms with E-state index >= 15 is 0 Å². The van der Waals surface area contributed by atoms with Gasteiger partial charge in [-0.1, -0.05) is 52.6 Å². The second-order valence-electron chi connectivity index (χ2n) is 4.28. The van der Waals surface area contributed by atoms with Crippen LogP contribution >= 0.6 is 23.2 Å². The summed E-state index contributed by atoms with van der Waals surface area (Å²) in [6.07, 6.45) is 0. The summed E-state index contributed by atoms with van der Waals surface area (Å²) < 4.78 is 5.13. The number of nitrogen functional groups attached to an aromatic ring is 1. The lowest BCUT2D eigenvalue weighted by molar-refractivity contribution is 0.439. The van der Waals surface area contributed by atoms with E-state index < -0.39 is 0 Å². The summed E-state index contributed by atoms with van der Waals surface area (Å²) >= 11 is 11.8. The lowest BCUT2D eigenvalue weighted by atomic mass is 10.0. The first-order valence-electron chi connectivity index (χ1n) is 5.92. The molecule has 2 aromatic carbocycles. The van der Waals surface area contributed by atoms with Crippen LogP contribution in [0.3, 0.4) is 0 Å². The van der Waals surface area contributed by atoms with Gasteiger partial charge >= 0.3 is 0 Å². The number of hydrogen-bond acceptors (Lipinski definition) is 3. The highest BCUT2D eigenvalue weighted by Crippen LogP contribution is 2.36. The summed E-state index contributed by atoms with van der Waals surface area (Å²) in [5, 5.41) is 5.37. The zero-order chi connectivity index (χ0) is 14.1. The van der Waals surface area contributed by atoms with Gasteiger partial charge in [-0.25, -0.2) is 0 Å². The van der Waals surface area contributed by atoms with Gasteiger partial charge in [0.15, 0.2) is 0 Å². The molecule has 0 aliphatic carbocycles. The van der Waals surface area contributed by atoms with Crippen molar-refractivity contribution >= 4 is 29.1 Å². The topological polar surface area (TPSA) is 52.0 Å². The molecule has 3 nitrogen and oxygen atoms in total. The van der Waals surface area contributed by atoms with E-state index in [4.69, 9.17) is 33.5 Å². The molecule has 1 aromatic heterocycles. The average Bonchev–Trinajstić information content (AvgIpc) is 2.83. The molecule has 0 aliphatic rings. The highest BCUT2D eigenvalue weighted by atomic mass is 35.5. The molecule has 0 atom stereocenters. The molecule has 0 aliphatic heterocycles. The van der Waals surface area contributed by atoms with Gasteiger partial charge in [0, 0.05) is 15.6 Å². The van der Waals surface area contributed by atoms with Gasteiger partial charge in [-0.15, -0.1) is 0 Å². The van der Waals surface area contributed by atoms with E-state index in [2.05, 4.69) is 5.16 Å². The first-order valence-corrected chi connectivity index (χ1v) is 6.68. The minimum atomic E-state index is 0.275. The molecular formula is C15H10Cl2N2O. The number of benzene rings is 2. The number of anilines is 1. The molecule has 0 spiro atoms. The van der Waals surface area contributed by atoms with E-state index in [1.807, 2.05) is 24.3 Å². The van der Waals surface area contributed by atoms with Gasteiger partial charge in [0.2, 0.25) is 5.88 Å². The minimum Gasteiger partial charge on any atom is -0.367 e. The van der Waals surface area contributed by atoms with Gasteiger partial charge < -0.3 is 10.3 Å². The van der Waals surface area contributed by atoms with Gasteiger partial charge in [-0.2, -0.15) is 0 Å². The standard InChI is InChI=1S/C15H10Cl2N2O/c16-11-5-1-9(2-6-11)13-14(19-20-15(13)18)10-3-7-12(17)8-4-10/h1-8H,18H2. The highest BCUT2D eigenvalue weighted by Gasteiger charge is 2.17. The molecule has 0 radical (unpaired) electrons. The molecule has 1 heterocycles. The molecule has 20 heavy (non-hydrogen) atoms. The van der Waals surface area contributed by atoms with Crippen LogP contribution < -0.4 is 5.73 Å². The highest BCUT2D eigenvalue weighted by molar-refractivity contribution is 6.31. The zero-order valence-corrected chi connectivity index (χ0v) is 11.8. The maximum atomic E-state index is 5.90. The Morgan fingerprint density at radius 2 is 1.30 bits per heavy atom. The van der Waals surface area contributed by atoms with E-state index in [1.165, 1.54) is 0 Å². The molecule has 0 fully saturated rings. The summed E-state index contributed by atoms with van der Waals surface area (Å²) in [5.41, 5.74) is 9.12. The Hall–Kier alpha value is -1.97. The fourth-order valence-electron chi connectivity index (χ4n) is 2.00. The maximum absolute atomic E-state index is 5.90. The number of aromatic nitrogens is 1. The van der Waals surface area contributed by atoms with Gasteiger partial charge in [0.1, 0.15) is 5.69 Å². The second kappa shape index (κ2) is 5.19. The molecule has 0 saturated carbocycles. The maximum Gasteiger partial charge on any atom is 0.230 e. The molecule has 0 unspecified atom stereocenters. The predicted molar refractivity (Wildman–Crippen MR) is 81.8 cm³/mol. The van der Waals surface area contributed by atoms with Crippen LogP contribution in [0.25, 0.3) is 22.4 Å². The Labute approximate surface area is 125 Å². The van der Waals surface area contributed by atoms with Crippen molar-refractivity contribution in [2.45, 2.75) is 0 Å². The summed E-state index contributed by atoms with van der Waals surface area (Å²) in [7, 11) is 0. The molecule has 0 amide bonds. The van der Waals surface area contributed by atoms with Gasteiger partial charge in [-0.05, 0) is 29.8 Å². The third-order valence-corrected chi connectivity index (χ3v) is 3.47. The van der Waals surface area contributed by atoms with E-state index in [9.17, 15) is 0 Å². The summed E-state index contributed by atoms with van der Waals surface area (Å²) in [6, 6.07) is 14.7. The van der Waals surface area contributed by atoms with Gasteiger partial charge in [0.05, 0.1) is 5.56 Å². The van der Waals surface area contributed by atoms with Crippen LogP contribution in [0.15, 0.2) is 53.1 Å². The molecule has 5 heteroatoms. The summed E-state index contributed by atoms with van der Waals surface area (Å²) in [4.78, 5) is 0. The number of hydrogen-bond donors (Lipinski definition) is 1. The number of nitrogens with zero attached hydrogens (tertiary/aromatic N) is 1. The Kier molecular flexibility index (Phi) is 3.38. The molecule has 0 saturated heterocycles.